The van der Waals surface area contributed by atoms with Crippen LogP contribution in [-0.2, 0) is 10.3 Å². The number of rotatable bonds is 4. The molecule has 0 saturated heterocycles. The van der Waals surface area contributed by atoms with E-state index in [1.165, 1.54) is 48.5 Å². The van der Waals surface area contributed by atoms with Crippen molar-refractivity contribution in [2.24, 2.45) is 5.73 Å². The zero-order valence-electron chi connectivity index (χ0n) is 14.7. The molecule has 0 radical (unpaired) electrons. The van der Waals surface area contributed by atoms with Crippen molar-refractivity contribution in [2.75, 3.05) is 7.05 Å². The number of hydrogen-bond acceptors (Lipinski definition) is 4. The van der Waals surface area contributed by atoms with Gasteiger partial charge in [0, 0.05) is 13.2 Å². The maximum absolute atomic E-state index is 13.9. The Morgan fingerprint density at radius 3 is 2.52 bits per heavy atom. The van der Waals surface area contributed by atoms with Crippen molar-refractivity contribution in [3.8, 4) is 5.75 Å². The summed E-state index contributed by atoms with van der Waals surface area (Å²) in [7, 11) is 1.50. The summed E-state index contributed by atoms with van der Waals surface area (Å²) in [5, 5.41) is 2.98. The summed E-state index contributed by atoms with van der Waals surface area (Å²) < 4.78 is 43.4. The van der Waals surface area contributed by atoms with E-state index in [0.29, 0.717) is 16.7 Å². The van der Waals surface area contributed by atoms with Gasteiger partial charge in [0.15, 0.2) is 5.54 Å². The van der Waals surface area contributed by atoms with Crippen molar-refractivity contribution >= 4 is 5.91 Å². The van der Waals surface area contributed by atoms with E-state index in [1.54, 1.807) is 19.1 Å². The number of halogens is 3. The predicted octanol–water partition coefficient (Wildman–Crippen LogP) is 2.80. The van der Waals surface area contributed by atoms with Crippen molar-refractivity contribution in [3.63, 3.8) is 0 Å². The predicted molar refractivity (Wildman–Crippen MR) is 93.2 cm³/mol. The normalized spacial score (nSPS) is 19.7. The molecule has 5 nitrogen and oxygen atoms in total. The molecule has 1 unspecified atom stereocenters. The van der Waals surface area contributed by atoms with Crippen molar-refractivity contribution in [3.05, 3.63) is 77.0 Å². The minimum atomic E-state index is -2.96. The number of likely N-dealkylation sites (N-methyl/N-ethyl adjacent to an activating group) is 1. The maximum atomic E-state index is 13.9. The average molecular weight is 377 g/mol. The molecule has 3 rings (SSSR count). The highest BCUT2D eigenvalue weighted by Crippen LogP contribution is 2.37. The van der Waals surface area contributed by atoms with Crippen molar-refractivity contribution < 1.29 is 22.7 Å². The summed E-state index contributed by atoms with van der Waals surface area (Å²) in [6.45, 7) is -1.38. The lowest BCUT2D eigenvalue weighted by atomic mass is 9.80. The smallest absolute Gasteiger partial charge is 0.387 e. The lowest BCUT2D eigenvalue weighted by molar-refractivity contribution is -0.134. The molecule has 0 saturated carbocycles. The molecule has 0 bridgehead atoms. The third-order valence-corrected chi connectivity index (χ3v) is 4.53. The van der Waals surface area contributed by atoms with E-state index in [9.17, 15) is 18.0 Å². The maximum Gasteiger partial charge on any atom is 0.387 e. The molecular formula is C19H18F3N3O2. The van der Waals surface area contributed by atoms with Crippen LogP contribution in [0, 0.1) is 12.7 Å². The Hall–Kier alpha value is -3.16. The molecule has 1 heterocycles. The summed E-state index contributed by atoms with van der Waals surface area (Å²) >= 11 is 0. The molecule has 1 aliphatic rings. The topological polar surface area (TPSA) is 67.6 Å². The first-order chi connectivity index (χ1) is 12.8. The molecule has 0 aromatic heterocycles. The third-order valence-electron chi connectivity index (χ3n) is 4.53. The second-order valence-electron chi connectivity index (χ2n) is 6.20. The number of carbonyl (C=O) groups is 1. The van der Waals surface area contributed by atoms with Gasteiger partial charge in [-0.2, -0.15) is 8.78 Å². The number of benzene rings is 2. The molecular weight excluding hydrogens is 359 g/mol. The summed E-state index contributed by atoms with van der Waals surface area (Å²) in [6, 6.07) is 10.0. The lowest BCUT2D eigenvalue weighted by Gasteiger charge is -2.40. The van der Waals surface area contributed by atoms with Crippen LogP contribution in [0.5, 0.6) is 5.75 Å². The molecule has 1 amide bonds. The number of nitrogens with one attached hydrogen (secondary N) is 1. The van der Waals surface area contributed by atoms with E-state index in [0.717, 1.165) is 0 Å². The van der Waals surface area contributed by atoms with Gasteiger partial charge in [-0.25, -0.2) is 4.39 Å². The van der Waals surface area contributed by atoms with Gasteiger partial charge in [0.25, 0.3) is 5.91 Å². The van der Waals surface area contributed by atoms with Gasteiger partial charge in [0.05, 0.1) is 0 Å². The Labute approximate surface area is 154 Å². The van der Waals surface area contributed by atoms with Crippen LogP contribution in [0.3, 0.4) is 0 Å². The molecule has 3 N–H and O–H groups in total. The fraction of sp³-hybridized carbons (Fsp3) is 0.211. The van der Waals surface area contributed by atoms with E-state index in [-0.39, 0.29) is 11.6 Å². The number of aryl methyl sites for hydroxylation is 1. The SMILES string of the molecule is Cc1cc(C2(c3cccc(F)c3)NC=C(N)N(C)C2=O)ccc1OC(F)F. The molecule has 142 valence electrons. The summed E-state index contributed by atoms with van der Waals surface area (Å²) in [4.78, 5) is 14.5. The Kier molecular flexibility index (Phi) is 4.73. The molecule has 8 heteroatoms. The van der Waals surface area contributed by atoms with Gasteiger partial charge in [0.1, 0.15) is 17.4 Å². The first kappa shape index (κ1) is 18.6. The van der Waals surface area contributed by atoms with Crippen molar-refractivity contribution in [1.82, 2.24) is 10.2 Å². The highest BCUT2D eigenvalue weighted by molar-refractivity contribution is 5.93. The quantitative estimate of drug-likeness (QED) is 0.860. The Morgan fingerprint density at radius 2 is 1.89 bits per heavy atom. The fourth-order valence-electron chi connectivity index (χ4n) is 3.12. The number of alkyl halides is 2. The van der Waals surface area contributed by atoms with E-state index < -0.39 is 23.9 Å². The van der Waals surface area contributed by atoms with Gasteiger partial charge in [-0.1, -0.05) is 18.2 Å². The number of amides is 1. The number of ether oxygens (including phenoxy) is 1. The molecule has 1 aliphatic heterocycles. The molecule has 2 aromatic rings. The number of nitrogens with zero attached hydrogens (tertiary/aromatic N) is 1. The van der Waals surface area contributed by atoms with E-state index in [1.807, 2.05) is 0 Å². The molecule has 2 aromatic carbocycles. The first-order valence-electron chi connectivity index (χ1n) is 8.09. The van der Waals surface area contributed by atoms with Gasteiger partial charge in [0.2, 0.25) is 0 Å². The van der Waals surface area contributed by atoms with Gasteiger partial charge < -0.3 is 15.8 Å². The largest absolute Gasteiger partial charge is 0.435 e. The highest BCUT2D eigenvalue weighted by Gasteiger charge is 2.46. The zero-order valence-corrected chi connectivity index (χ0v) is 14.7. The second-order valence-corrected chi connectivity index (χ2v) is 6.20. The van der Waals surface area contributed by atoms with Gasteiger partial charge in [-0.3, -0.25) is 9.69 Å². The summed E-state index contributed by atoms with van der Waals surface area (Å²) in [5.41, 5.74) is 5.54. The molecule has 1 atom stereocenters. The number of carbonyl (C=O) groups excluding carboxylic acids is 1. The highest BCUT2D eigenvalue weighted by atomic mass is 19.3. The average Bonchev–Trinajstić information content (AvgIpc) is 2.62. The van der Waals surface area contributed by atoms with Crippen LogP contribution in [0.2, 0.25) is 0 Å². The van der Waals surface area contributed by atoms with Crippen LogP contribution in [-0.4, -0.2) is 24.5 Å². The van der Waals surface area contributed by atoms with Gasteiger partial charge >= 0.3 is 6.61 Å². The number of hydrogen-bond donors (Lipinski definition) is 2. The van der Waals surface area contributed by atoms with Crippen LogP contribution < -0.4 is 15.8 Å². The standard InChI is InChI=1S/C19H18F3N3O2/c1-11-8-13(6-7-15(11)27-18(21)22)19(12-4-3-5-14(20)9-12)17(26)25(2)16(23)10-24-19/h3-10,18,24H,23H2,1-2H3. The monoisotopic (exact) mass is 377 g/mol. The van der Waals surface area contributed by atoms with Crippen molar-refractivity contribution in [1.29, 1.82) is 0 Å². The van der Waals surface area contributed by atoms with E-state index >= 15 is 0 Å². The van der Waals surface area contributed by atoms with Gasteiger partial charge in [-0.05, 0) is 47.9 Å². The Bertz CT molecular complexity index is 917. The summed E-state index contributed by atoms with van der Waals surface area (Å²) in [5.74, 6) is -0.757. The van der Waals surface area contributed by atoms with E-state index in [4.69, 9.17) is 5.73 Å². The second kappa shape index (κ2) is 6.86. The zero-order chi connectivity index (χ0) is 19.8. The van der Waals surface area contributed by atoms with Crippen LogP contribution in [0.4, 0.5) is 13.2 Å². The minimum absolute atomic E-state index is 0.00480. The number of nitrogens with two attached hydrogens (primary N) is 1. The lowest BCUT2D eigenvalue weighted by Crippen LogP contribution is -2.58. The molecule has 0 spiro atoms. The summed E-state index contributed by atoms with van der Waals surface area (Å²) in [6.07, 6.45) is 1.45. The van der Waals surface area contributed by atoms with Crippen LogP contribution in [0.15, 0.2) is 54.5 Å². The molecule has 0 fully saturated rings. The van der Waals surface area contributed by atoms with E-state index in [2.05, 4.69) is 10.1 Å². The third kappa shape index (κ3) is 3.18. The fourth-order valence-corrected chi connectivity index (χ4v) is 3.12. The Morgan fingerprint density at radius 1 is 1.19 bits per heavy atom. The van der Waals surface area contributed by atoms with Crippen LogP contribution in [0.1, 0.15) is 16.7 Å². The van der Waals surface area contributed by atoms with Crippen molar-refractivity contribution in [2.45, 2.75) is 19.1 Å². The molecule has 27 heavy (non-hydrogen) atoms. The Balaban J connectivity index is 2.20. The van der Waals surface area contributed by atoms with Crippen LogP contribution in [0.25, 0.3) is 0 Å². The van der Waals surface area contributed by atoms with Gasteiger partial charge in [-0.15, -0.1) is 0 Å². The molecule has 0 aliphatic carbocycles. The van der Waals surface area contributed by atoms with Crippen LogP contribution >= 0.6 is 0 Å². The first-order valence-corrected chi connectivity index (χ1v) is 8.09. The minimum Gasteiger partial charge on any atom is -0.435 e.